The number of nitrogens with one attached hydrogen (secondary N) is 1. The molecule has 3 rings (SSSR count). The number of rotatable bonds is 7. The molecule has 1 amide bonds. The lowest BCUT2D eigenvalue weighted by Gasteiger charge is -2.09. The number of oxazole rings is 1. The summed E-state index contributed by atoms with van der Waals surface area (Å²) < 4.78 is 12.0. The zero-order valence-corrected chi connectivity index (χ0v) is 14.0. The Balaban J connectivity index is 1.52. The molecular formula is C19H20N2O4. The normalized spacial score (nSPS) is 10.8. The van der Waals surface area contributed by atoms with E-state index in [0.717, 1.165) is 16.8 Å². The number of carbonyl (C=O) groups excluding carboxylic acids is 1. The molecule has 0 unspecified atom stereocenters. The molecule has 0 saturated heterocycles. The van der Waals surface area contributed by atoms with Crippen molar-refractivity contribution in [2.45, 2.75) is 25.9 Å². The van der Waals surface area contributed by atoms with Crippen LogP contribution in [0.5, 0.6) is 5.75 Å². The first-order valence-electron chi connectivity index (χ1n) is 8.16. The zero-order valence-electron chi connectivity index (χ0n) is 14.0. The third-order valence-corrected chi connectivity index (χ3v) is 4.03. The first kappa shape index (κ1) is 16.8. The second-order valence-electron chi connectivity index (χ2n) is 5.68. The average molecular weight is 340 g/mol. The topological polar surface area (TPSA) is 73.5 Å². The van der Waals surface area contributed by atoms with Crippen molar-refractivity contribution in [1.82, 2.24) is 9.88 Å². The van der Waals surface area contributed by atoms with E-state index >= 15 is 0 Å². The Morgan fingerprint density at radius 2 is 1.92 bits per heavy atom. The van der Waals surface area contributed by atoms with Crippen LogP contribution in [-0.2, 0) is 17.9 Å². The minimum atomic E-state index is -0.393. The Morgan fingerprint density at radius 1 is 1.16 bits per heavy atom. The molecule has 0 aliphatic heterocycles. The number of benzene rings is 2. The van der Waals surface area contributed by atoms with Crippen LogP contribution in [0.3, 0.4) is 0 Å². The molecule has 0 aliphatic rings. The number of ether oxygens (including phenoxy) is 1. The predicted octanol–water partition coefficient (Wildman–Crippen LogP) is 2.70. The number of amides is 1. The molecule has 6 nitrogen and oxygen atoms in total. The van der Waals surface area contributed by atoms with Gasteiger partial charge in [-0.3, -0.25) is 9.36 Å². The zero-order chi connectivity index (χ0) is 17.6. The molecule has 2 aromatic carbocycles. The SMILES string of the molecule is COc1ccccc1CNC(=O)CCCn1c(=O)oc2ccccc21. The van der Waals surface area contributed by atoms with E-state index in [1.807, 2.05) is 42.5 Å². The monoisotopic (exact) mass is 340 g/mol. The highest BCUT2D eigenvalue weighted by molar-refractivity contribution is 5.76. The highest BCUT2D eigenvalue weighted by atomic mass is 16.5. The number of methoxy groups -OCH3 is 1. The van der Waals surface area contributed by atoms with Crippen LogP contribution in [0.4, 0.5) is 0 Å². The van der Waals surface area contributed by atoms with E-state index < -0.39 is 5.76 Å². The maximum absolute atomic E-state index is 12.0. The van der Waals surface area contributed by atoms with Crippen molar-refractivity contribution in [2.75, 3.05) is 7.11 Å². The average Bonchev–Trinajstić information content (AvgIpc) is 2.96. The van der Waals surface area contributed by atoms with Crippen LogP contribution in [-0.4, -0.2) is 17.6 Å². The lowest BCUT2D eigenvalue weighted by Crippen LogP contribution is -2.23. The largest absolute Gasteiger partial charge is 0.496 e. The molecule has 0 atom stereocenters. The van der Waals surface area contributed by atoms with Gasteiger partial charge < -0.3 is 14.5 Å². The van der Waals surface area contributed by atoms with Crippen molar-refractivity contribution in [2.24, 2.45) is 0 Å². The number of nitrogens with zero attached hydrogens (tertiary/aromatic N) is 1. The summed E-state index contributed by atoms with van der Waals surface area (Å²) in [6.45, 7) is 0.857. The van der Waals surface area contributed by atoms with Gasteiger partial charge in [0.05, 0.1) is 12.6 Å². The molecule has 25 heavy (non-hydrogen) atoms. The first-order valence-corrected chi connectivity index (χ1v) is 8.16. The van der Waals surface area contributed by atoms with Gasteiger partial charge in [0.15, 0.2) is 5.58 Å². The molecule has 1 heterocycles. The fourth-order valence-electron chi connectivity index (χ4n) is 2.75. The van der Waals surface area contributed by atoms with E-state index in [1.165, 1.54) is 0 Å². The smallest absolute Gasteiger partial charge is 0.419 e. The maximum atomic E-state index is 12.0. The van der Waals surface area contributed by atoms with Gasteiger partial charge in [-0.1, -0.05) is 30.3 Å². The molecule has 1 N–H and O–H groups in total. The Kier molecular flexibility index (Phi) is 5.18. The highest BCUT2D eigenvalue weighted by Crippen LogP contribution is 2.17. The van der Waals surface area contributed by atoms with Crippen LogP contribution in [0.25, 0.3) is 11.1 Å². The van der Waals surface area contributed by atoms with Crippen LogP contribution >= 0.6 is 0 Å². The lowest BCUT2D eigenvalue weighted by atomic mass is 10.2. The van der Waals surface area contributed by atoms with E-state index in [4.69, 9.17) is 9.15 Å². The maximum Gasteiger partial charge on any atom is 0.419 e. The van der Waals surface area contributed by atoms with Crippen molar-refractivity contribution < 1.29 is 13.9 Å². The van der Waals surface area contributed by atoms with E-state index in [9.17, 15) is 9.59 Å². The summed E-state index contributed by atoms with van der Waals surface area (Å²) in [6.07, 6.45) is 0.891. The number of aromatic nitrogens is 1. The number of hydrogen-bond acceptors (Lipinski definition) is 4. The standard InChI is InChI=1S/C19H20N2O4/c1-24-16-9-4-2-7-14(16)13-20-18(22)11-6-12-21-15-8-3-5-10-17(15)25-19(21)23/h2-5,7-10H,6,11-13H2,1H3,(H,20,22). The molecule has 0 bridgehead atoms. The molecule has 0 spiro atoms. The van der Waals surface area contributed by atoms with Crippen molar-refractivity contribution in [3.8, 4) is 5.75 Å². The number of carbonyl (C=O) groups is 1. The van der Waals surface area contributed by atoms with Crippen LogP contribution < -0.4 is 15.8 Å². The minimum Gasteiger partial charge on any atom is -0.496 e. The second-order valence-corrected chi connectivity index (χ2v) is 5.68. The fraction of sp³-hybridized carbons (Fsp3) is 0.263. The highest BCUT2D eigenvalue weighted by Gasteiger charge is 2.09. The summed E-state index contributed by atoms with van der Waals surface area (Å²) in [5.41, 5.74) is 2.24. The Labute approximate surface area is 145 Å². The molecular weight excluding hydrogens is 320 g/mol. The number of hydrogen-bond donors (Lipinski definition) is 1. The molecule has 0 fully saturated rings. The van der Waals surface area contributed by atoms with Crippen molar-refractivity contribution in [3.63, 3.8) is 0 Å². The summed E-state index contributed by atoms with van der Waals surface area (Å²) in [5.74, 6) is 0.293. The number of aryl methyl sites for hydroxylation is 1. The molecule has 0 radical (unpaired) electrons. The first-order chi connectivity index (χ1) is 12.2. The molecule has 1 aromatic heterocycles. The molecule has 0 aliphatic carbocycles. The quantitative estimate of drug-likeness (QED) is 0.718. The van der Waals surface area contributed by atoms with Gasteiger partial charge in [0.1, 0.15) is 5.75 Å². The van der Waals surface area contributed by atoms with Gasteiger partial charge in [-0.2, -0.15) is 0 Å². The van der Waals surface area contributed by atoms with E-state index in [-0.39, 0.29) is 5.91 Å². The summed E-state index contributed by atoms with van der Waals surface area (Å²) in [4.78, 5) is 23.9. The summed E-state index contributed by atoms with van der Waals surface area (Å²) in [6, 6.07) is 14.8. The molecule has 3 aromatic rings. The molecule has 6 heteroatoms. The van der Waals surface area contributed by atoms with Crippen LogP contribution in [0, 0.1) is 0 Å². The Hall–Kier alpha value is -3.02. The summed E-state index contributed by atoms with van der Waals surface area (Å²) in [7, 11) is 1.60. The van der Waals surface area contributed by atoms with Crippen molar-refractivity contribution >= 4 is 17.0 Å². The molecule has 130 valence electrons. The number of fused-ring (bicyclic) bond motifs is 1. The summed E-state index contributed by atoms with van der Waals surface area (Å²) >= 11 is 0. The number of para-hydroxylation sites is 3. The Morgan fingerprint density at radius 3 is 2.76 bits per heavy atom. The van der Waals surface area contributed by atoms with Gasteiger partial charge >= 0.3 is 5.76 Å². The van der Waals surface area contributed by atoms with Crippen LogP contribution in [0.1, 0.15) is 18.4 Å². The van der Waals surface area contributed by atoms with Crippen LogP contribution in [0.15, 0.2) is 57.7 Å². The van der Waals surface area contributed by atoms with Gasteiger partial charge in [0.2, 0.25) is 5.91 Å². The minimum absolute atomic E-state index is 0.0632. The van der Waals surface area contributed by atoms with Gasteiger partial charge in [0.25, 0.3) is 0 Å². The van der Waals surface area contributed by atoms with Gasteiger partial charge in [-0.25, -0.2) is 4.79 Å². The Bertz CT molecular complexity index is 926. The van der Waals surface area contributed by atoms with Crippen LogP contribution in [0.2, 0.25) is 0 Å². The van der Waals surface area contributed by atoms with Crippen molar-refractivity contribution in [1.29, 1.82) is 0 Å². The van der Waals surface area contributed by atoms with E-state index in [2.05, 4.69) is 5.32 Å². The fourth-order valence-corrected chi connectivity index (χ4v) is 2.75. The lowest BCUT2D eigenvalue weighted by molar-refractivity contribution is -0.121. The van der Waals surface area contributed by atoms with Gasteiger partial charge in [-0.05, 0) is 24.6 Å². The van der Waals surface area contributed by atoms with E-state index in [0.29, 0.717) is 31.5 Å². The van der Waals surface area contributed by atoms with Gasteiger partial charge in [-0.15, -0.1) is 0 Å². The third kappa shape index (κ3) is 3.91. The predicted molar refractivity (Wildman–Crippen MR) is 94.5 cm³/mol. The van der Waals surface area contributed by atoms with Crippen molar-refractivity contribution in [3.05, 3.63) is 64.6 Å². The third-order valence-electron chi connectivity index (χ3n) is 4.03. The second kappa shape index (κ2) is 7.70. The van der Waals surface area contributed by atoms with E-state index in [1.54, 1.807) is 17.7 Å². The molecule has 0 saturated carbocycles. The van der Waals surface area contributed by atoms with Gasteiger partial charge in [0, 0.05) is 25.1 Å². The summed E-state index contributed by atoms with van der Waals surface area (Å²) in [5, 5.41) is 2.88.